The highest BCUT2D eigenvalue weighted by Crippen LogP contribution is 2.05. The van der Waals surface area contributed by atoms with Gasteiger partial charge in [-0.25, -0.2) is 9.78 Å². The van der Waals surface area contributed by atoms with Gasteiger partial charge in [-0.15, -0.1) is 0 Å². The number of nitrogens with two attached hydrogens (primary N) is 2. The van der Waals surface area contributed by atoms with Gasteiger partial charge < -0.3 is 42.6 Å². The van der Waals surface area contributed by atoms with Crippen LogP contribution in [0, 0.1) is 5.92 Å². The summed E-state index contributed by atoms with van der Waals surface area (Å²) in [4.78, 5) is 66.1. The highest BCUT2D eigenvalue weighted by Gasteiger charge is 2.31. The number of carbonyl (C=O) groups is 5. The van der Waals surface area contributed by atoms with Gasteiger partial charge in [0.15, 0.2) is 0 Å². The van der Waals surface area contributed by atoms with E-state index in [4.69, 9.17) is 11.5 Å². The lowest BCUT2D eigenvalue weighted by molar-refractivity contribution is -0.142. The number of hydrogen-bond donors (Lipinski definition) is 8. The molecule has 10 N–H and O–H groups in total. The second kappa shape index (κ2) is 12.4. The standard InChI is InChI=1S/C18H29N7O7/c1-8(2)14(25-15(28)10(19)4-13(20)27)17(30)24-12(6-26)16(29)23-11(18(31)32)3-9-5-21-7-22-9/h5,7-8,10-12,14,26H,3-4,6,19H2,1-2H3,(H2,20,27)(H,21,22)(H,23,29)(H,24,30)(H,25,28)(H,31,32). The number of aromatic amines is 1. The first-order valence-electron chi connectivity index (χ1n) is 9.72. The molecule has 4 amide bonds. The van der Waals surface area contributed by atoms with Gasteiger partial charge in [0.25, 0.3) is 0 Å². The molecule has 0 bridgehead atoms. The lowest BCUT2D eigenvalue weighted by Gasteiger charge is -2.26. The minimum atomic E-state index is -1.48. The van der Waals surface area contributed by atoms with Crippen LogP contribution < -0.4 is 27.4 Å². The van der Waals surface area contributed by atoms with Gasteiger partial charge in [0.05, 0.1) is 25.4 Å². The van der Waals surface area contributed by atoms with Crippen LogP contribution in [0.4, 0.5) is 0 Å². The van der Waals surface area contributed by atoms with Crippen LogP contribution in [0.3, 0.4) is 0 Å². The predicted octanol–water partition coefficient (Wildman–Crippen LogP) is -3.66. The van der Waals surface area contributed by atoms with Crippen molar-refractivity contribution in [1.29, 1.82) is 0 Å². The number of hydrogen-bond acceptors (Lipinski definition) is 8. The lowest BCUT2D eigenvalue weighted by atomic mass is 10.0. The summed E-state index contributed by atoms with van der Waals surface area (Å²) in [5.74, 6) is -5.12. The van der Waals surface area contributed by atoms with Gasteiger partial charge in [0, 0.05) is 18.3 Å². The Labute approximate surface area is 183 Å². The van der Waals surface area contributed by atoms with E-state index in [0.717, 1.165) is 0 Å². The largest absolute Gasteiger partial charge is 0.480 e. The molecule has 178 valence electrons. The van der Waals surface area contributed by atoms with Crippen LogP contribution in [0.1, 0.15) is 26.0 Å². The molecule has 14 nitrogen and oxygen atoms in total. The van der Waals surface area contributed by atoms with E-state index in [-0.39, 0.29) is 6.42 Å². The fraction of sp³-hybridized carbons (Fsp3) is 0.556. The maximum atomic E-state index is 12.6. The number of aliphatic carboxylic acids is 1. The summed E-state index contributed by atoms with van der Waals surface area (Å²) in [5, 5.41) is 25.8. The summed E-state index contributed by atoms with van der Waals surface area (Å²) in [5.41, 5.74) is 11.0. The van der Waals surface area contributed by atoms with E-state index >= 15 is 0 Å². The van der Waals surface area contributed by atoms with Gasteiger partial charge in [-0.3, -0.25) is 19.2 Å². The zero-order valence-corrected chi connectivity index (χ0v) is 17.7. The topological polar surface area (TPSA) is 243 Å². The molecule has 4 atom stereocenters. The number of imidazole rings is 1. The van der Waals surface area contributed by atoms with Gasteiger partial charge in [-0.05, 0) is 5.92 Å². The first kappa shape index (κ1) is 26.5. The molecular weight excluding hydrogens is 426 g/mol. The number of nitrogens with one attached hydrogen (secondary N) is 4. The Balaban J connectivity index is 2.81. The van der Waals surface area contributed by atoms with Crippen LogP contribution in [-0.4, -0.2) is 80.6 Å². The molecule has 1 aromatic rings. The molecule has 4 unspecified atom stereocenters. The zero-order chi connectivity index (χ0) is 24.4. The van der Waals surface area contributed by atoms with Crippen LogP contribution in [0.2, 0.25) is 0 Å². The van der Waals surface area contributed by atoms with E-state index in [9.17, 15) is 34.2 Å². The Hall–Kier alpha value is -3.52. The highest BCUT2D eigenvalue weighted by molar-refractivity contribution is 5.95. The summed E-state index contributed by atoms with van der Waals surface area (Å²) >= 11 is 0. The van der Waals surface area contributed by atoms with Gasteiger partial charge >= 0.3 is 5.97 Å². The Morgan fingerprint density at radius 2 is 1.69 bits per heavy atom. The molecule has 1 aromatic heterocycles. The van der Waals surface area contributed by atoms with Crippen molar-refractivity contribution in [3.05, 3.63) is 18.2 Å². The molecule has 14 heteroatoms. The third kappa shape index (κ3) is 8.31. The molecule has 0 saturated heterocycles. The molecule has 0 saturated carbocycles. The monoisotopic (exact) mass is 455 g/mol. The van der Waals surface area contributed by atoms with Gasteiger partial charge in [-0.2, -0.15) is 0 Å². The molecule has 32 heavy (non-hydrogen) atoms. The van der Waals surface area contributed by atoms with E-state index in [1.54, 1.807) is 13.8 Å². The Kier molecular flexibility index (Phi) is 10.2. The quantitative estimate of drug-likeness (QED) is 0.146. The van der Waals surface area contributed by atoms with Crippen LogP contribution in [0.15, 0.2) is 12.5 Å². The van der Waals surface area contributed by atoms with Crippen molar-refractivity contribution in [3.8, 4) is 0 Å². The van der Waals surface area contributed by atoms with Crippen molar-refractivity contribution in [2.24, 2.45) is 17.4 Å². The molecule has 0 aliphatic rings. The van der Waals surface area contributed by atoms with Crippen LogP contribution in [0.25, 0.3) is 0 Å². The Morgan fingerprint density at radius 1 is 1.06 bits per heavy atom. The number of H-pyrrole nitrogens is 1. The van der Waals surface area contributed by atoms with Crippen LogP contribution in [0.5, 0.6) is 0 Å². The number of nitrogens with zero attached hydrogens (tertiary/aromatic N) is 1. The summed E-state index contributed by atoms with van der Waals surface area (Å²) in [6, 6.07) is -5.24. The molecule has 1 rings (SSSR count). The molecule has 0 fully saturated rings. The van der Waals surface area contributed by atoms with Crippen LogP contribution in [-0.2, 0) is 30.4 Å². The predicted molar refractivity (Wildman–Crippen MR) is 109 cm³/mol. The number of aliphatic hydroxyl groups is 1. The van der Waals surface area contributed by atoms with Crippen molar-refractivity contribution in [3.63, 3.8) is 0 Å². The fourth-order valence-corrected chi connectivity index (χ4v) is 2.65. The van der Waals surface area contributed by atoms with Crippen molar-refractivity contribution in [2.45, 2.75) is 50.9 Å². The number of carboxylic acids is 1. The van der Waals surface area contributed by atoms with Gasteiger partial charge in [0.1, 0.15) is 18.1 Å². The smallest absolute Gasteiger partial charge is 0.326 e. The van der Waals surface area contributed by atoms with E-state index in [0.29, 0.717) is 5.69 Å². The summed E-state index contributed by atoms with van der Waals surface area (Å²) in [6.07, 6.45) is 2.22. The second-order valence-electron chi connectivity index (χ2n) is 7.43. The van der Waals surface area contributed by atoms with Gasteiger partial charge in [-0.1, -0.05) is 13.8 Å². The first-order valence-corrected chi connectivity index (χ1v) is 9.72. The van der Waals surface area contributed by atoms with Crippen molar-refractivity contribution < 1.29 is 34.2 Å². The summed E-state index contributed by atoms with van der Waals surface area (Å²) in [6.45, 7) is 2.40. The molecule has 0 spiro atoms. The minimum absolute atomic E-state index is 0.102. The van der Waals surface area contributed by atoms with E-state index in [1.165, 1.54) is 12.5 Å². The number of primary amides is 1. The average Bonchev–Trinajstić information content (AvgIpc) is 3.21. The number of carboxylic acid groups (broad SMARTS) is 1. The lowest BCUT2D eigenvalue weighted by Crippen LogP contribution is -2.59. The molecule has 0 aliphatic heterocycles. The molecule has 1 heterocycles. The summed E-state index contributed by atoms with van der Waals surface area (Å²) < 4.78 is 0. The maximum Gasteiger partial charge on any atom is 0.326 e. The minimum Gasteiger partial charge on any atom is -0.480 e. The first-order chi connectivity index (χ1) is 15.0. The number of rotatable bonds is 13. The fourth-order valence-electron chi connectivity index (χ4n) is 2.65. The van der Waals surface area contributed by atoms with Gasteiger partial charge in [0.2, 0.25) is 23.6 Å². The Bertz CT molecular complexity index is 813. The second-order valence-corrected chi connectivity index (χ2v) is 7.43. The van der Waals surface area contributed by atoms with Crippen molar-refractivity contribution >= 4 is 29.6 Å². The third-order valence-electron chi connectivity index (χ3n) is 4.41. The maximum absolute atomic E-state index is 12.6. The van der Waals surface area contributed by atoms with E-state index in [2.05, 4.69) is 25.9 Å². The van der Waals surface area contributed by atoms with E-state index < -0.39 is 72.7 Å². The SMILES string of the molecule is CC(C)C(NC(=O)C(N)CC(N)=O)C(=O)NC(CO)C(=O)NC(Cc1cnc[nH]1)C(=O)O. The number of aromatic nitrogens is 2. The molecular formula is C18H29N7O7. The third-order valence-corrected chi connectivity index (χ3v) is 4.41. The van der Waals surface area contributed by atoms with Crippen LogP contribution >= 0.6 is 0 Å². The normalized spacial score (nSPS) is 14.7. The van der Waals surface area contributed by atoms with Crippen molar-refractivity contribution in [1.82, 2.24) is 25.9 Å². The Morgan fingerprint density at radius 3 is 2.16 bits per heavy atom. The number of aliphatic hydroxyl groups excluding tert-OH is 1. The zero-order valence-electron chi connectivity index (χ0n) is 17.7. The van der Waals surface area contributed by atoms with E-state index in [1.807, 2.05) is 0 Å². The average molecular weight is 455 g/mol. The number of amides is 4. The molecule has 0 aliphatic carbocycles. The molecule has 0 radical (unpaired) electrons. The number of carbonyl (C=O) groups excluding carboxylic acids is 4. The molecule has 0 aromatic carbocycles. The van der Waals surface area contributed by atoms with Crippen molar-refractivity contribution in [2.75, 3.05) is 6.61 Å². The summed E-state index contributed by atoms with van der Waals surface area (Å²) in [7, 11) is 0. The highest BCUT2D eigenvalue weighted by atomic mass is 16.4.